The molecule has 3 aromatic heterocycles. The maximum atomic E-state index is 13.9. The third-order valence-electron chi connectivity index (χ3n) is 5.32. The lowest BCUT2D eigenvalue weighted by Crippen LogP contribution is -2.28. The zero-order valence-corrected chi connectivity index (χ0v) is 17.7. The molecule has 0 spiro atoms. The maximum absolute atomic E-state index is 13.9. The molecular weight excluding hydrogens is 419 g/mol. The number of ether oxygens (including phenoxy) is 2. The molecule has 2 N–H and O–H groups in total. The van der Waals surface area contributed by atoms with Gasteiger partial charge in [-0.1, -0.05) is 0 Å². The third-order valence-corrected chi connectivity index (χ3v) is 5.32. The van der Waals surface area contributed by atoms with Crippen molar-refractivity contribution >= 4 is 17.6 Å². The molecule has 0 aliphatic carbocycles. The minimum atomic E-state index is -0.611. The first-order valence-corrected chi connectivity index (χ1v) is 10.5. The van der Waals surface area contributed by atoms with Crippen molar-refractivity contribution < 1.29 is 23.8 Å². The number of unbranched alkanes of at least 4 members (excludes halogenated alkanes) is 1. The van der Waals surface area contributed by atoms with Gasteiger partial charge in [-0.05, 0) is 37.8 Å². The molecule has 1 saturated heterocycles. The van der Waals surface area contributed by atoms with Crippen LogP contribution in [0.15, 0.2) is 30.7 Å². The van der Waals surface area contributed by atoms with E-state index in [0.29, 0.717) is 42.3 Å². The standard InChI is InChI=1S/C21H25FN6O4/c1-31-20-15(11-14(22)12-24-20)16-5-4-8-27(16)18-6-9-28-19(26-18)17(13-25-28)32-21(30)23-7-2-3-10-29/h6,9,11-13,16,29H,2-5,7-8,10H2,1H3,(H,23,30)/t16-/m1/s1. The average Bonchev–Trinajstić information content (AvgIpc) is 3.44. The van der Waals surface area contributed by atoms with Crippen LogP contribution in [0.3, 0.4) is 0 Å². The summed E-state index contributed by atoms with van der Waals surface area (Å²) in [4.78, 5) is 22.9. The fraction of sp³-hybridized carbons (Fsp3) is 0.429. The van der Waals surface area contributed by atoms with Crippen molar-refractivity contribution in [3.8, 4) is 11.6 Å². The van der Waals surface area contributed by atoms with Crippen LogP contribution in [0.25, 0.3) is 5.65 Å². The van der Waals surface area contributed by atoms with Gasteiger partial charge in [0.15, 0.2) is 5.75 Å². The zero-order valence-electron chi connectivity index (χ0n) is 17.7. The van der Waals surface area contributed by atoms with Crippen molar-refractivity contribution in [2.75, 3.05) is 31.7 Å². The fourth-order valence-corrected chi connectivity index (χ4v) is 3.85. The Morgan fingerprint density at radius 3 is 3.06 bits per heavy atom. The number of nitrogens with one attached hydrogen (secondary N) is 1. The number of aliphatic hydroxyl groups excluding tert-OH is 1. The van der Waals surface area contributed by atoms with E-state index >= 15 is 0 Å². The molecule has 1 atom stereocenters. The summed E-state index contributed by atoms with van der Waals surface area (Å²) in [5, 5.41) is 15.6. The molecule has 0 radical (unpaired) electrons. The highest BCUT2D eigenvalue weighted by molar-refractivity contribution is 5.73. The van der Waals surface area contributed by atoms with Gasteiger partial charge in [0.25, 0.3) is 0 Å². The maximum Gasteiger partial charge on any atom is 0.412 e. The monoisotopic (exact) mass is 444 g/mol. The van der Waals surface area contributed by atoms with E-state index in [1.807, 2.05) is 6.07 Å². The summed E-state index contributed by atoms with van der Waals surface area (Å²) in [5.74, 6) is 0.843. The number of rotatable bonds is 8. The van der Waals surface area contributed by atoms with Gasteiger partial charge < -0.3 is 24.8 Å². The van der Waals surface area contributed by atoms with Crippen LogP contribution in [0.2, 0.25) is 0 Å². The molecule has 1 aliphatic heterocycles. The molecule has 0 saturated carbocycles. The quantitative estimate of drug-likeness (QED) is 0.510. The largest absolute Gasteiger partial charge is 0.481 e. The highest BCUT2D eigenvalue weighted by Crippen LogP contribution is 2.39. The van der Waals surface area contributed by atoms with Crippen LogP contribution in [0.4, 0.5) is 15.0 Å². The van der Waals surface area contributed by atoms with Crippen LogP contribution in [-0.2, 0) is 0 Å². The fourth-order valence-electron chi connectivity index (χ4n) is 3.85. The molecule has 170 valence electrons. The second kappa shape index (κ2) is 9.77. The molecule has 1 aliphatic rings. The van der Waals surface area contributed by atoms with Crippen LogP contribution in [-0.4, -0.2) is 57.6 Å². The van der Waals surface area contributed by atoms with Crippen LogP contribution < -0.4 is 19.7 Å². The molecule has 0 aromatic carbocycles. The van der Waals surface area contributed by atoms with Crippen molar-refractivity contribution in [2.45, 2.75) is 31.7 Å². The van der Waals surface area contributed by atoms with Crippen LogP contribution in [0, 0.1) is 5.82 Å². The van der Waals surface area contributed by atoms with Gasteiger partial charge in [0.05, 0.1) is 25.5 Å². The number of aromatic nitrogens is 4. The number of nitrogens with zero attached hydrogens (tertiary/aromatic N) is 5. The number of aliphatic hydroxyl groups is 1. The Kier molecular flexibility index (Phi) is 6.64. The molecule has 1 fully saturated rings. The first kappa shape index (κ1) is 21.8. The first-order chi connectivity index (χ1) is 15.6. The summed E-state index contributed by atoms with van der Waals surface area (Å²) >= 11 is 0. The SMILES string of the molecule is COc1ncc(F)cc1[C@H]1CCCN1c1ccn2ncc(OC(=O)NCCCCO)c2n1. The summed E-state index contributed by atoms with van der Waals surface area (Å²) < 4.78 is 26.2. The summed E-state index contributed by atoms with van der Waals surface area (Å²) in [5.41, 5.74) is 1.06. The van der Waals surface area contributed by atoms with E-state index < -0.39 is 11.9 Å². The van der Waals surface area contributed by atoms with E-state index in [0.717, 1.165) is 25.6 Å². The van der Waals surface area contributed by atoms with Crippen molar-refractivity contribution in [1.82, 2.24) is 24.9 Å². The Labute approximate surface area is 184 Å². The molecule has 32 heavy (non-hydrogen) atoms. The van der Waals surface area contributed by atoms with E-state index in [1.54, 1.807) is 6.20 Å². The number of carbonyl (C=O) groups is 1. The van der Waals surface area contributed by atoms with E-state index in [1.165, 1.54) is 23.9 Å². The molecule has 4 heterocycles. The van der Waals surface area contributed by atoms with E-state index in [9.17, 15) is 9.18 Å². The number of hydrogen-bond donors (Lipinski definition) is 2. The minimum Gasteiger partial charge on any atom is -0.481 e. The highest BCUT2D eigenvalue weighted by Gasteiger charge is 2.31. The normalized spacial score (nSPS) is 15.8. The van der Waals surface area contributed by atoms with E-state index in [4.69, 9.17) is 14.6 Å². The summed E-state index contributed by atoms with van der Waals surface area (Å²) in [7, 11) is 1.51. The highest BCUT2D eigenvalue weighted by atomic mass is 19.1. The Bertz CT molecular complexity index is 1090. The lowest BCUT2D eigenvalue weighted by molar-refractivity contribution is 0.200. The number of fused-ring (bicyclic) bond motifs is 1. The van der Waals surface area contributed by atoms with Gasteiger partial charge in [0, 0.05) is 31.5 Å². The molecular formula is C21H25FN6O4. The smallest absolute Gasteiger partial charge is 0.412 e. The van der Waals surface area contributed by atoms with Crippen LogP contribution in [0.5, 0.6) is 11.6 Å². The van der Waals surface area contributed by atoms with Gasteiger partial charge in [0.1, 0.15) is 11.6 Å². The molecule has 10 nitrogen and oxygen atoms in total. The third kappa shape index (κ3) is 4.57. The molecule has 0 bridgehead atoms. The molecule has 4 rings (SSSR count). The Hall–Kier alpha value is -3.47. The number of halogens is 1. The van der Waals surface area contributed by atoms with E-state index in [2.05, 4.69) is 25.3 Å². The topological polar surface area (TPSA) is 114 Å². The summed E-state index contributed by atoms with van der Waals surface area (Å²) in [6.45, 7) is 1.20. The number of hydrogen-bond acceptors (Lipinski definition) is 8. The second-order valence-corrected chi connectivity index (χ2v) is 7.41. The van der Waals surface area contributed by atoms with Gasteiger partial charge in [-0.2, -0.15) is 5.10 Å². The Morgan fingerprint density at radius 1 is 1.38 bits per heavy atom. The average molecular weight is 444 g/mol. The molecule has 0 unspecified atom stereocenters. The van der Waals surface area contributed by atoms with Crippen LogP contribution >= 0.6 is 0 Å². The van der Waals surface area contributed by atoms with Gasteiger partial charge in [0.2, 0.25) is 11.5 Å². The van der Waals surface area contributed by atoms with Gasteiger partial charge in [-0.25, -0.2) is 23.7 Å². The van der Waals surface area contributed by atoms with Crippen LogP contribution in [0.1, 0.15) is 37.3 Å². The minimum absolute atomic E-state index is 0.0759. The van der Waals surface area contributed by atoms with Crippen molar-refractivity contribution in [1.29, 1.82) is 0 Å². The number of pyridine rings is 1. The van der Waals surface area contributed by atoms with Crippen molar-refractivity contribution in [3.63, 3.8) is 0 Å². The first-order valence-electron chi connectivity index (χ1n) is 10.5. The predicted molar refractivity (Wildman–Crippen MR) is 113 cm³/mol. The Morgan fingerprint density at radius 2 is 2.25 bits per heavy atom. The Balaban J connectivity index is 1.56. The van der Waals surface area contributed by atoms with Gasteiger partial charge in [-0.15, -0.1) is 0 Å². The van der Waals surface area contributed by atoms with Gasteiger partial charge in [-0.3, -0.25) is 0 Å². The number of carbonyl (C=O) groups excluding carboxylic acids is 1. The molecule has 11 heteroatoms. The summed E-state index contributed by atoms with van der Waals surface area (Å²) in [6.07, 6.45) is 6.64. The van der Waals surface area contributed by atoms with E-state index in [-0.39, 0.29) is 18.4 Å². The molecule has 1 amide bonds. The molecule has 3 aromatic rings. The summed E-state index contributed by atoms with van der Waals surface area (Å²) in [6, 6.07) is 3.11. The van der Waals surface area contributed by atoms with Gasteiger partial charge >= 0.3 is 6.09 Å². The number of methoxy groups -OCH3 is 1. The lowest BCUT2D eigenvalue weighted by atomic mass is 10.1. The predicted octanol–water partition coefficient (Wildman–Crippen LogP) is 2.47. The second-order valence-electron chi connectivity index (χ2n) is 7.41. The van der Waals surface area contributed by atoms with Crippen molar-refractivity contribution in [2.24, 2.45) is 0 Å². The number of anilines is 1. The zero-order chi connectivity index (χ0) is 22.5. The lowest BCUT2D eigenvalue weighted by Gasteiger charge is -2.26. The number of amides is 1. The van der Waals surface area contributed by atoms with Crippen molar-refractivity contribution in [3.05, 3.63) is 42.1 Å².